The number of hydrogen-bond donors (Lipinski definition) is 1. The van der Waals surface area contributed by atoms with Gasteiger partial charge in [-0.1, -0.05) is 17.4 Å². The van der Waals surface area contributed by atoms with Crippen LogP contribution in [0.25, 0.3) is 10.2 Å². The van der Waals surface area contributed by atoms with Crippen molar-refractivity contribution in [2.24, 2.45) is 5.10 Å². The van der Waals surface area contributed by atoms with Crippen molar-refractivity contribution in [2.45, 2.75) is 19.4 Å². The Labute approximate surface area is 250 Å². The van der Waals surface area contributed by atoms with E-state index in [1.165, 1.54) is 52.5 Å². The summed E-state index contributed by atoms with van der Waals surface area (Å²) in [5.41, 5.74) is 2.66. The van der Waals surface area contributed by atoms with Crippen LogP contribution in [0.1, 0.15) is 30.5 Å². The molecule has 0 bridgehead atoms. The Hall–Kier alpha value is -4.91. The predicted octanol–water partition coefficient (Wildman–Crippen LogP) is 5.18. The van der Waals surface area contributed by atoms with E-state index < -0.39 is 11.9 Å². The summed E-state index contributed by atoms with van der Waals surface area (Å²) in [6.45, 7) is 1.11. The Morgan fingerprint density at radius 1 is 0.953 bits per heavy atom. The number of methoxy groups -OCH3 is 4. The molecule has 1 atom stereocenters. The number of halogens is 1. The zero-order valence-electron chi connectivity index (χ0n) is 24.1. The summed E-state index contributed by atoms with van der Waals surface area (Å²) in [4.78, 5) is 29.6. The van der Waals surface area contributed by atoms with Gasteiger partial charge in [0, 0.05) is 18.9 Å². The van der Waals surface area contributed by atoms with Gasteiger partial charge in [0.05, 0.1) is 50.4 Å². The molecule has 0 saturated heterocycles. The third-order valence-electron chi connectivity index (χ3n) is 6.76. The first-order chi connectivity index (χ1) is 20.7. The number of benzene rings is 3. The quantitative estimate of drug-likeness (QED) is 0.261. The van der Waals surface area contributed by atoms with E-state index >= 15 is 0 Å². The summed E-state index contributed by atoms with van der Waals surface area (Å²) < 4.78 is 41.8. The highest BCUT2D eigenvalue weighted by molar-refractivity contribution is 7.22. The normalized spacial score (nSPS) is 14.3. The molecule has 1 aliphatic rings. The molecule has 3 aromatic carbocycles. The average Bonchev–Trinajstić information content (AvgIpc) is 3.63. The fraction of sp³-hybridized carbons (Fsp3) is 0.267. The SMILES string of the molecule is COc1ccc(C2CC(c3cc(OC)c(OC)c(OC)c3)=NN2C(C)=O)cc1OCC(=O)Nc1nc2ccc(F)cc2s1. The van der Waals surface area contributed by atoms with Crippen LogP contribution in [-0.2, 0) is 9.59 Å². The minimum Gasteiger partial charge on any atom is -0.493 e. The second-order valence-corrected chi connectivity index (χ2v) is 10.5. The van der Waals surface area contributed by atoms with Gasteiger partial charge in [-0.25, -0.2) is 14.4 Å². The molecule has 1 aliphatic heterocycles. The van der Waals surface area contributed by atoms with Gasteiger partial charge in [0.2, 0.25) is 11.7 Å². The molecule has 0 fully saturated rings. The van der Waals surface area contributed by atoms with Gasteiger partial charge in [-0.05, 0) is 48.0 Å². The minimum absolute atomic E-state index is 0.249. The van der Waals surface area contributed by atoms with Crippen molar-refractivity contribution in [2.75, 3.05) is 40.4 Å². The summed E-state index contributed by atoms with van der Waals surface area (Å²) in [6, 6.07) is 12.6. The molecule has 0 aliphatic carbocycles. The van der Waals surface area contributed by atoms with Gasteiger partial charge < -0.3 is 23.7 Å². The Morgan fingerprint density at radius 2 is 1.67 bits per heavy atom. The maximum atomic E-state index is 13.5. The molecular formula is C30H29FN4O7S. The number of nitrogens with zero attached hydrogens (tertiary/aromatic N) is 3. The van der Waals surface area contributed by atoms with E-state index in [1.807, 2.05) is 6.07 Å². The smallest absolute Gasteiger partial charge is 0.264 e. The standard InChI is InChI=1S/C30H29FN4O7S/c1-16(36)35-22(14-21(34-35)18-11-25(39-3)29(41-5)26(12-18)40-4)17-6-9-23(38-2)24(10-17)42-15-28(37)33-30-32-20-8-7-19(31)13-27(20)43-30/h6-13,22H,14-15H2,1-5H3,(H,32,33,37). The molecule has 11 nitrogen and oxygen atoms in total. The van der Waals surface area contributed by atoms with Crippen molar-refractivity contribution >= 4 is 44.2 Å². The van der Waals surface area contributed by atoms with Gasteiger partial charge in [0.1, 0.15) is 5.82 Å². The highest BCUT2D eigenvalue weighted by atomic mass is 32.1. The van der Waals surface area contributed by atoms with E-state index in [2.05, 4.69) is 15.4 Å². The van der Waals surface area contributed by atoms with Crippen molar-refractivity contribution in [3.63, 3.8) is 0 Å². The van der Waals surface area contributed by atoms with E-state index in [0.29, 0.717) is 61.8 Å². The molecule has 1 unspecified atom stereocenters. The predicted molar refractivity (Wildman–Crippen MR) is 159 cm³/mol. The Balaban J connectivity index is 1.35. The maximum Gasteiger partial charge on any atom is 0.264 e. The van der Waals surface area contributed by atoms with Gasteiger partial charge >= 0.3 is 0 Å². The Morgan fingerprint density at radius 3 is 2.33 bits per heavy atom. The Bertz CT molecular complexity index is 1700. The molecule has 0 spiro atoms. The third kappa shape index (κ3) is 6.16. The molecule has 2 amide bonds. The van der Waals surface area contributed by atoms with E-state index in [9.17, 15) is 14.0 Å². The lowest BCUT2D eigenvalue weighted by molar-refractivity contribution is -0.130. The first-order valence-corrected chi connectivity index (χ1v) is 13.9. The summed E-state index contributed by atoms with van der Waals surface area (Å²) in [5.74, 6) is 1.02. The molecule has 0 radical (unpaired) electrons. The minimum atomic E-state index is -0.453. The number of aromatic nitrogens is 1. The second-order valence-electron chi connectivity index (χ2n) is 9.42. The number of thiazole rings is 1. The largest absolute Gasteiger partial charge is 0.493 e. The molecule has 43 heavy (non-hydrogen) atoms. The van der Waals surface area contributed by atoms with Crippen LogP contribution in [0.5, 0.6) is 28.7 Å². The maximum absolute atomic E-state index is 13.5. The molecule has 0 saturated carbocycles. The molecule has 1 aromatic heterocycles. The number of hydrogen-bond acceptors (Lipinski definition) is 10. The van der Waals surface area contributed by atoms with Crippen LogP contribution < -0.4 is 29.0 Å². The van der Waals surface area contributed by atoms with Crippen molar-refractivity contribution in [3.05, 3.63) is 65.5 Å². The lowest BCUT2D eigenvalue weighted by atomic mass is 9.97. The first kappa shape index (κ1) is 29.6. The zero-order chi connectivity index (χ0) is 30.7. The lowest BCUT2D eigenvalue weighted by Gasteiger charge is -2.21. The van der Waals surface area contributed by atoms with Crippen LogP contribution in [-0.4, -0.2) is 62.6 Å². The summed E-state index contributed by atoms with van der Waals surface area (Å²) in [5, 5.41) is 9.04. The van der Waals surface area contributed by atoms with Crippen molar-refractivity contribution in [1.82, 2.24) is 9.99 Å². The lowest BCUT2D eigenvalue weighted by Crippen LogP contribution is -2.24. The first-order valence-electron chi connectivity index (χ1n) is 13.1. The number of amides is 2. The molecule has 1 N–H and O–H groups in total. The molecule has 2 heterocycles. The fourth-order valence-electron chi connectivity index (χ4n) is 4.75. The Kier molecular flexibility index (Phi) is 8.62. The highest BCUT2D eigenvalue weighted by Crippen LogP contribution is 2.42. The van der Waals surface area contributed by atoms with Crippen LogP contribution >= 0.6 is 11.3 Å². The number of ether oxygens (including phenoxy) is 5. The van der Waals surface area contributed by atoms with E-state index in [0.717, 1.165) is 16.9 Å². The number of hydrazone groups is 1. The molecule has 5 rings (SSSR count). The van der Waals surface area contributed by atoms with Gasteiger partial charge in [-0.2, -0.15) is 5.10 Å². The average molecular weight is 609 g/mol. The van der Waals surface area contributed by atoms with Crippen LogP contribution in [0.3, 0.4) is 0 Å². The van der Waals surface area contributed by atoms with E-state index in [1.54, 1.807) is 30.3 Å². The molecular weight excluding hydrogens is 579 g/mol. The molecule has 4 aromatic rings. The third-order valence-corrected chi connectivity index (χ3v) is 7.69. The van der Waals surface area contributed by atoms with Crippen LogP contribution in [0.2, 0.25) is 0 Å². The fourth-order valence-corrected chi connectivity index (χ4v) is 5.65. The number of carbonyl (C=O) groups excluding carboxylic acids is 2. The highest BCUT2D eigenvalue weighted by Gasteiger charge is 2.33. The molecule has 224 valence electrons. The van der Waals surface area contributed by atoms with Crippen LogP contribution in [0.4, 0.5) is 9.52 Å². The summed E-state index contributed by atoms with van der Waals surface area (Å²) >= 11 is 1.16. The van der Waals surface area contributed by atoms with Gasteiger partial charge in [0.25, 0.3) is 5.91 Å². The van der Waals surface area contributed by atoms with Gasteiger partial charge in [0.15, 0.2) is 34.7 Å². The molecule has 13 heteroatoms. The number of anilines is 1. The number of carbonyl (C=O) groups is 2. The second kappa shape index (κ2) is 12.5. The number of fused-ring (bicyclic) bond motifs is 1. The van der Waals surface area contributed by atoms with Crippen molar-refractivity contribution in [3.8, 4) is 28.7 Å². The number of nitrogens with one attached hydrogen (secondary N) is 1. The summed E-state index contributed by atoms with van der Waals surface area (Å²) in [7, 11) is 6.07. The zero-order valence-corrected chi connectivity index (χ0v) is 24.9. The van der Waals surface area contributed by atoms with Crippen molar-refractivity contribution in [1.29, 1.82) is 0 Å². The van der Waals surface area contributed by atoms with Crippen molar-refractivity contribution < 1.29 is 37.7 Å². The van der Waals surface area contributed by atoms with Gasteiger partial charge in [-0.15, -0.1) is 0 Å². The van der Waals surface area contributed by atoms with E-state index in [4.69, 9.17) is 23.7 Å². The number of rotatable bonds is 10. The topological polar surface area (TPSA) is 121 Å². The monoisotopic (exact) mass is 608 g/mol. The van der Waals surface area contributed by atoms with Gasteiger partial charge in [-0.3, -0.25) is 14.9 Å². The van der Waals surface area contributed by atoms with Crippen LogP contribution in [0.15, 0.2) is 53.6 Å². The van der Waals surface area contributed by atoms with E-state index in [-0.39, 0.29) is 18.3 Å². The van der Waals surface area contributed by atoms with Crippen LogP contribution in [0, 0.1) is 5.82 Å². The summed E-state index contributed by atoms with van der Waals surface area (Å²) in [6.07, 6.45) is 0.392.